The number of aromatic nitrogens is 3. The number of hydrogen-bond donors (Lipinski definition) is 3. The topological polar surface area (TPSA) is 93.6 Å². The maximum Gasteiger partial charge on any atom is 0.239 e. The summed E-state index contributed by atoms with van der Waals surface area (Å²) >= 11 is 0. The van der Waals surface area contributed by atoms with Crippen molar-refractivity contribution in [1.82, 2.24) is 15.2 Å². The number of H-pyrrole nitrogens is 1. The Morgan fingerprint density at radius 2 is 1.93 bits per heavy atom. The molecule has 0 aliphatic heterocycles. The number of benzene rings is 1. The Morgan fingerprint density at radius 1 is 1.27 bits per heavy atom. The van der Waals surface area contributed by atoms with Gasteiger partial charge in [0, 0.05) is 0 Å². The zero-order chi connectivity index (χ0) is 10.8. The predicted octanol–water partition coefficient (Wildman–Crippen LogP) is 0.574. The molecule has 0 aliphatic rings. The summed E-state index contributed by atoms with van der Waals surface area (Å²) in [6.45, 7) is 0. The van der Waals surface area contributed by atoms with Gasteiger partial charge in [0.15, 0.2) is 0 Å². The highest BCUT2D eigenvalue weighted by atomic mass is 19.1. The van der Waals surface area contributed by atoms with Crippen LogP contribution in [0, 0.1) is 5.82 Å². The number of nitrogens with one attached hydrogen (secondary N) is 1. The molecule has 0 spiro atoms. The molecule has 2 rings (SSSR count). The number of hydrogen-bond acceptors (Lipinski definition) is 4. The molecule has 1 atom stereocenters. The van der Waals surface area contributed by atoms with E-state index in [-0.39, 0.29) is 11.8 Å². The number of nitrogen functional groups attached to an aromatic ring is 1. The van der Waals surface area contributed by atoms with E-state index < -0.39 is 6.04 Å². The number of halogens is 1. The highest BCUT2D eigenvalue weighted by Gasteiger charge is 2.12. The lowest BCUT2D eigenvalue weighted by molar-refractivity contribution is 0.626. The van der Waals surface area contributed by atoms with Crippen LogP contribution in [-0.4, -0.2) is 15.2 Å². The van der Waals surface area contributed by atoms with Crippen LogP contribution in [0.1, 0.15) is 17.4 Å². The lowest BCUT2D eigenvalue weighted by atomic mass is 10.1. The molecular formula is C9H10FN5. The van der Waals surface area contributed by atoms with E-state index in [1.165, 1.54) is 12.1 Å². The van der Waals surface area contributed by atoms with Crippen LogP contribution in [0.25, 0.3) is 0 Å². The van der Waals surface area contributed by atoms with Gasteiger partial charge in [0.2, 0.25) is 5.95 Å². The fraction of sp³-hybridized carbons (Fsp3) is 0.111. The molecule has 0 unspecified atom stereocenters. The van der Waals surface area contributed by atoms with Gasteiger partial charge in [0.05, 0.1) is 6.04 Å². The van der Waals surface area contributed by atoms with E-state index in [1.54, 1.807) is 12.1 Å². The molecule has 0 amide bonds. The lowest BCUT2D eigenvalue weighted by Crippen LogP contribution is -2.13. The summed E-state index contributed by atoms with van der Waals surface area (Å²) in [4.78, 5) is 3.90. The smallest absolute Gasteiger partial charge is 0.239 e. The maximum atomic E-state index is 12.7. The van der Waals surface area contributed by atoms with Crippen molar-refractivity contribution >= 4 is 5.95 Å². The van der Waals surface area contributed by atoms with Gasteiger partial charge in [0.1, 0.15) is 11.6 Å². The molecule has 0 fully saturated rings. The maximum absolute atomic E-state index is 12.7. The predicted molar refractivity (Wildman–Crippen MR) is 53.2 cm³/mol. The van der Waals surface area contributed by atoms with Gasteiger partial charge in [-0.05, 0) is 17.7 Å². The summed E-state index contributed by atoms with van der Waals surface area (Å²) in [5.74, 6) is 0.296. The van der Waals surface area contributed by atoms with E-state index in [9.17, 15) is 4.39 Å². The van der Waals surface area contributed by atoms with Crippen molar-refractivity contribution in [2.24, 2.45) is 5.73 Å². The Hall–Kier alpha value is -1.95. The molecule has 15 heavy (non-hydrogen) atoms. The fourth-order valence-corrected chi connectivity index (χ4v) is 1.26. The first-order valence-electron chi connectivity index (χ1n) is 4.35. The molecule has 6 heteroatoms. The van der Waals surface area contributed by atoms with Gasteiger partial charge in [-0.3, -0.25) is 5.10 Å². The summed E-state index contributed by atoms with van der Waals surface area (Å²) in [6.07, 6.45) is 0. The molecule has 1 aromatic heterocycles. The van der Waals surface area contributed by atoms with Crippen LogP contribution in [0.2, 0.25) is 0 Å². The molecule has 1 aromatic carbocycles. The van der Waals surface area contributed by atoms with Crippen molar-refractivity contribution < 1.29 is 4.39 Å². The van der Waals surface area contributed by atoms with Crippen molar-refractivity contribution in [3.63, 3.8) is 0 Å². The number of nitrogens with two attached hydrogens (primary N) is 2. The van der Waals surface area contributed by atoms with E-state index in [0.717, 1.165) is 5.56 Å². The van der Waals surface area contributed by atoms with E-state index in [0.29, 0.717) is 5.82 Å². The highest BCUT2D eigenvalue weighted by molar-refractivity contribution is 5.26. The van der Waals surface area contributed by atoms with Crippen molar-refractivity contribution in [2.75, 3.05) is 5.73 Å². The summed E-state index contributed by atoms with van der Waals surface area (Å²) in [5.41, 5.74) is 12.0. The molecule has 0 saturated carbocycles. The highest BCUT2D eigenvalue weighted by Crippen LogP contribution is 2.16. The third kappa shape index (κ3) is 1.94. The average Bonchev–Trinajstić information content (AvgIpc) is 2.65. The Labute approximate surface area is 85.3 Å². The SMILES string of the molecule is Nc1n[nH]c([C@H](N)c2ccc(F)cc2)n1. The molecule has 0 bridgehead atoms. The van der Waals surface area contributed by atoms with Crippen molar-refractivity contribution in [3.05, 3.63) is 41.5 Å². The normalized spacial score (nSPS) is 12.7. The van der Waals surface area contributed by atoms with Gasteiger partial charge >= 0.3 is 0 Å². The standard InChI is InChI=1S/C9H10FN5/c10-6-3-1-5(2-4-6)7(11)8-13-9(12)15-14-8/h1-4,7H,11H2,(H3,12,13,14,15)/t7-/m1/s1. The van der Waals surface area contributed by atoms with E-state index >= 15 is 0 Å². The molecule has 2 aromatic rings. The monoisotopic (exact) mass is 207 g/mol. The largest absolute Gasteiger partial charge is 0.367 e. The minimum absolute atomic E-state index is 0.141. The zero-order valence-electron chi connectivity index (χ0n) is 7.81. The summed E-state index contributed by atoms with van der Waals surface area (Å²) in [7, 11) is 0. The molecule has 0 saturated heterocycles. The summed E-state index contributed by atoms with van der Waals surface area (Å²) in [6, 6.07) is 5.40. The van der Waals surface area contributed by atoms with Gasteiger partial charge in [-0.1, -0.05) is 12.1 Å². The van der Waals surface area contributed by atoms with Crippen LogP contribution < -0.4 is 11.5 Å². The van der Waals surface area contributed by atoms with Crippen LogP contribution >= 0.6 is 0 Å². The molecule has 1 heterocycles. The molecule has 5 N–H and O–H groups in total. The summed E-state index contributed by atoms with van der Waals surface area (Å²) < 4.78 is 12.7. The molecular weight excluding hydrogens is 197 g/mol. The fourth-order valence-electron chi connectivity index (χ4n) is 1.26. The van der Waals surface area contributed by atoms with Crippen molar-refractivity contribution in [2.45, 2.75) is 6.04 Å². The Kier molecular flexibility index (Phi) is 2.34. The number of rotatable bonds is 2. The average molecular weight is 207 g/mol. The van der Waals surface area contributed by atoms with Crippen molar-refractivity contribution in [1.29, 1.82) is 0 Å². The second kappa shape index (κ2) is 3.66. The quantitative estimate of drug-likeness (QED) is 0.671. The van der Waals surface area contributed by atoms with Gasteiger partial charge < -0.3 is 11.5 Å². The van der Waals surface area contributed by atoms with E-state index in [2.05, 4.69) is 15.2 Å². The van der Waals surface area contributed by atoms with Gasteiger partial charge in [-0.25, -0.2) is 4.39 Å². The Bertz CT molecular complexity index is 450. The first kappa shape index (κ1) is 9.60. The summed E-state index contributed by atoms with van der Waals surface area (Å²) in [5, 5.41) is 6.28. The molecule has 0 radical (unpaired) electrons. The minimum atomic E-state index is -0.476. The molecule has 5 nitrogen and oxygen atoms in total. The minimum Gasteiger partial charge on any atom is -0.367 e. The van der Waals surface area contributed by atoms with Crippen LogP contribution in [0.4, 0.5) is 10.3 Å². The second-order valence-electron chi connectivity index (χ2n) is 3.11. The number of anilines is 1. The zero-order valence-corrected chi connectivity index (χ0v) is 7.81. The number of aromatic amines is 1. The van der Waals surface area contributed by atoms with Crippen LogP contribution in [0.5, 0.6) is 0 Å². The number of nitrogens with zero attached hydrogens (tertiary/aromatic N) is 2. The van der Waals surface area contributed by atoms with Crippen LogP contribution in [-0.2, 0) is 0 Å². The van der Waals surface area contributed by atoms with E-state index in [4.69, 9.17) is 11.5 Å². The van der Waals surface area contributed by atoms with Gasteiger partial charge in [0.25, 0.3) is 0 Å². The molecule has 0 aliphatic carbocycles. The molecule has 78 valence electrons. The first-order chi connectivity index (χ1) is 7.16. The second-order valence-corrected chi connectivity index (χ2v) is 3.11. The Balaban J connectivity index is 2.28. The van der Waals surface area contributed by atoms with Gasteiger partial charge in [-0.2, -0.15) is 4.98 Å². The third-order valence-corrected chi connectivity index (χ3v) is 2.04. The first-order valence-corrected chi connectivity index (χ1v) is 4.35. The Morgan fingerprint density at radius 3 is 2.47 bits per heavy atom. The van der Waals surface area contributed by atoms with E-state index in [1.807, 2.05) is 0 Å². The third-order valence-electron chi connectivity index (χ3n) is 2.04. The lowest BCUT2D eigenvalue weighted by Gasteiger charge is -2.07. The van der Waals surface area contributed by atoms with Crippen molar-refractivity contribution in [3.8, 4) is 0 Å². The van der Waals surface area contributed by atoms with Crippen LogP contribution in [0.15, 0.2) is 24.3 Å². The van der Waals surface area contributed by atoms with Gasteiger partial charge in [-0.15, -0.1) is 5.10 Å². The van der Waals surface area contributed by atoms with Crippen LogP contribution in [0.3, 0.4) is 0 Å².